The number of amides is 1. The molecule has 0 bridgehead atoms. The summed E-state index contributed by atoms with van der Waals surface area (Å²) in [6, 6.07) is 11.0. The van der Waals surface area contributed by atoms with Gasteiger partial charge in [-0.3, -0.25) is 14.4 Å². The van der Waals surface area contributed by atoms with E-state index in [0.717, 1.165) is 5.56 Å². The van der Waals surface area contributed by atoms with Gasteiger partial charge in [-0.1, -0.05) is 23.8 Å². The molecule has 0 spiro atoms. The first kappa shape index (κ1) is 24.0. The molecule has 1 aliphatic heterocycles. The third-order valence-electron chi connectivity index (χ3n) is 5.37. The van der Waals surface area contributed by atoms with E-state index in [9.17, 15) is 19.5 Å². The Bertz CT molecular complexity index is 1120. The van der Waals surface area contributed by atoms with Gasteiger partial charge in [-0.05, 0) is 50.8 Å². The van der Waals surface area contributed by atoms with Crippen LogP contribution in [0.15, 0.2) is 48.0 Å². The lowest BCUT2D eigenvalue weighted by Crippen LogP contribution is -2.35. The van der Waals surface area contributed by atoms with Crippen LogP contribution in [0, 0.1) is 6.92 Å². The Balaban J connectivity index is 2.21. The number of benzene rings is 2. The number of aliphatic hydroxyl groups excluding tert-OH is 1. The Morgan fingerprint density at radius 3 is 2.52 bits per heavy atom. The summed E-state index contributed by atoms with van der Waals surface area (Å²) in [6.45, 7) is 3.93. The zero-order chi connectivity index (χ0) is 24.3. The average molecular weight is 453 g/mol. The molecule has 33 heavy (non-hydrogen) atoms. The highest BCUT2D eigenvalue weighted by Gasteiger charge is 2.46. The van der Waals surface area contributed by atoms with Crippen LogP contribution in [0.25, 0.3) is 5.76 Å². The zero-order valence-electron chi connectivity index (χ0n) is 19.4. The van der Waals surface area contributed by atoms with Gasteiger partial charge in [-0.2, -0.15) is 0 Å². The Labute approximate surface area is 193 Å². The molecule has 2 aromatic rings. The predicted octanol–water partition coefficient (Wildman–Crippen LogP) is 2.91. The number of hydrogen-bond acceptors (Lipinski definition) is 7. The summed E-state index contributed by atoms with van der Waals surface area (Å²) < 4.78 is 10.6. The predicted molar refractivity (Wildman–Crippen MR) is 123 cm³/mol. The summed E-state index contributed by atoms with van der Waals surface area (Å²) in [4.78, 5) is 41.0. The number of ether oxygens (including phenoxy) is 2. The number of esters is 1. The standard InChI is InChI=1S/C25H28N2O6/c1-15-9-10-20(32-5)19(13-15)23(29)21-22(17-7-6-8-18(14-17)33-16(2)28)27(12-11-26(3)4)25(31)24(21)30/h6-10,13-14,22,29H,11-12H2,1-5H3/b23-21+. The van der Waals surface area contributed by atoms with Crippen LogP contribution in [0.1, 0.15) is 29.7 Å². The summed E-state index contributed by atoms with van der Waals surface area (Å²) in [6.07, 6.45) is 0. The molecule has 0 aliphatic carbocycles. The fourth-order valence-corrected chi connectivity index (χ4v) is 3.83. The Morgan fingerprint density at radius 1 is 1.15 bits per heavy atom. The third kappa shape index (κ3) is 5.06. The second kappa shape index (κ2) is 9.87. The molecule has 1 amide bonds. The van der Waals surface area contributed by atoms with Gasteiger partial charge in [0.25, 0.3) is 11.7 Å². The molecule has 0 aromatic heterocycles. The maximum Gasteiger partial charge on any atom is 0.308 e. The molecule has 1 heterocycles. The SMILES string of the molecule is COc1ccc(C)cc1/C(O)=C1\C(=O)C(=O)N(CCN(C)C)C1c1cccc(OC(C)=O)c1. The molecule has 0 radical (unpaired) electrons. The molecule has 174 valence electrons. The summed E-state index contributed by atoms with van der Waals surface area (Å²) in [5.74, 6) is -1.62. The highest BCUT2D eigenvalue weighted by atomic mass is 16.5. The summed E-state index contributed by atoms with van der Waals surface area (Å²) >= 11 is 0. The van der Waals surface area contributed by atoms with E-state index in [1.807, 2.05) is 32.0 Å². The lowest BCUT2D eigenvalue weighted by atomic mass is 9.94. The quantitative estimate of drug-likeness (QED) is 0.227. The number of aryl methyl sites for hydroxylation is 1. The lowest BCUT2D eigenvalue weighted by molar-refractivity contribution is -0.140. The second-order valence-electron chi connectivity index (χ2n) is 8.17. The van der Waals surface area contributed by atoms with Crippen molar-refractivity contribution < 1.29 is 29.0 Å². The van der Waals surface area contributed by atoms with Crippen molar-refractivity contribution in [2.75, 3.05) is 34.3 Å². The van der Waals surface area contributed by atoms with Crippen molar-refractivity contribution >= 4 is 23.4 Å². The van der Waals surface area contributed by atoms with E-state index in [4.69, 9.17) is 9.47 Å². The van der Waals surface area contributed by atoms with E-state index in [1.165, 1.54) is 18.9 Å². The largest absolute Gasteiger partial charge is 0.507 e. The maximum absolute atomic E-state index is 13.2. The number of hydrogen-bond donors (Lipinski definition) is 1. The number of rotatable bonds is 7. The van der Waals surface area contributed by atoms with Crippen LogP contribution in [-0.4, -0.2) is 66.9 Å². The molecular formula is C25H28N2O6. The summed E-state index contributed by atoms with van der Waals surface area (Å²) in [5, 5.41) is 11.3. The van der Waals surface area contributed by atoms with Crippen molar-refractivity contribution in [3.05, 3.63) is 64.7 Å². The van der Waals surface area contributed by atoms with Crippen LogP contribution >= 0.6 is 0 Å². The van der Waals surface area contributed by atoms with Gasteiger partial charge < -0.3 is 24.4 Å². The van der Waals surface area contributed by atoms with Gasteiger partial charge in [0.2, 0.25) is 0 Å². The van der Waals surface area contributed by atoms with Crippen molar-refractivity contribution in [3.8, 4) is 11.5 Å². The highest BCUT2D eigenvalue weighted by Crippen LogP contribution is 2.41. The van der Waals surface area contributed by atoms with Gasteiger partial charge in [0.15, 0.2) is 0 Å². The van der Waals surface area contributed by atoms with Gasteiger partial charge in [0.05, 0.1) is 24.3 Å². The molecule has 1 atom stereocenters. The molecule has 1 unspecified atom stereocenters. The Morgan fingerprint density at radius 2 is 1.88 bits per heavy atom. The molecule has 1 saturated heterocycles. The monoisotopic (exact) mass is 452 g/mol. The van der Waals surface area contributed by atoms with Crippen LogP contribution < -0.4 is 9.47 Å². The number of nitrogens with zero attached hydrogens (tertiary/aromatic N) is 2. The number of carbonyl (C=O) groups is 3. The molecule has 0 saturated carbocycles. The van der Waals surface area contributed by atoms with Gasteiger partial charge in [-0.25, -0.2) is 0 Å². The molecule has 1 aliphatic rings. The minimum atomic E-state index is -0.856. The van der Waals surface area contributed by atoms with Gasteiger partial charge in [-0.15, -0.1) is 0 Å². The fraction of sp³-hybridized carbons (Fsp3) is 0.320. The summed E-state index contributed by atoms with van der Waals surface area (Å²) in [7, 11) is 5.20. The van der Waals surface area contributed by atoms with Crippen molar-refractivity contribution in [1.82, 2.24) is 9.80 Å². The topological polar surface area (TPSA) is 96.4 Å². The first-order valence-electron chi connectivity index (χ1n) is 10.5. The van der Waals surface area contributed by atoms with Crippen LogP contribution in [0.4, 0.5) is 0 Å². The van der Waals surface area contributed by atoms with Crippen molar-refractivity contribution in [2.45, 2.75) is 19.9 Å². The fourth-order valence-electron chi connectivity index (χ4n) is 3.83. The van der Waals surface area contributed by atoms with E-state index in [-0.39, 0.29) is 23.6 Å². The van der Waals surface area contributed by atoms with Crippen molar-refractivity contribution in [1.29, 1.82) is 0 Å². The lowest BCUT2D eigenvalue weighted by Gasteiger charge is -2.27. The second-order valence-corrected chi connectivity index (χ2v) is 8.17. The number of aliphatic hydroxyl groups is 1. The number of Topliss-reactive ketones (excluding diaryl/α,β-unsaturated/α-hetero) is 1. The van der Waals surface area contributed by atoms with Crippen LogP contribution in [0.2, 0.25) is 0 Å². The molecule has 8 nitrogen and oxygen atoms in total. The Kier molecular flexibility index (Phi) is 7.18. The van der Waals surface area contributed by atoms with Gasteiger partial charge in [0.1, 0.15) is 17.3 Å². The molecular weight excluding hydrogens is 424 g/mol. The number of likely N-dealkylation sites (N-methyl/N-ethyl adjacent to an activating group) is 1. The molecule has 3 rings (SSSR count). The third-order valence-corrected chi connectivity index (χ3v) is 5.37. The minimum Gasteiger partial charge on any atom is -0.507 e. The van der Waals surface area contributed by atoms with Gasteiger partial charge in [0, 0.05) is 20.0 Å². The molecule has 8 heteroatoms. The van der Waals surface area contributed by atoms with Crippen molar-refractivity contribution in [2.24, 2.45) is 0 Å². The van der Waals surface area contributed by atoms with Crippen molar-refractivity contribution in [3.63, 3.8) is 0 Å². The maximum atomic E-state index is 13.2. The van der Waals surface area contributed by atoms with E-state index in [0.29, 0.717) is 23.4 Å². The van der Waals surface area contributed by atoms with Gasteiger partial charge >= 0.3 is 5.97 Å². The Hall–Kier alpha value is -3.65. The first-order valence-corrected chi connectivity index (χ1v) is 10.5. The first-order chi connectivity index (χ1) is 15.6. The number of likely N-dealkylation sites (tertiary alicyclic amines) is 1. The summed E-state index contributed by atoms with van der Waals surface area (Å²) in [5.41, 5.74) is 1.68. The molecule has 1 N–H and O–H groups in total. The van der Waals surface area contributed by atoms with E-state index >= 15 is 0 Å². The van der Waals surface area contributed by atoms with Crippen LogP contribution in [0.3, 0.4) is 0 Å². The van der Waals surface area contributed by atoms with E-state index < -0.39 is 23.7 Å². The zero-order valence-corrected chi connectivity index (χ0v) is 19.4. The number of ketones is 1. The molecule has 1 fully saturated rings. The van der Waals surface area contributed by atoms with Crippen LogP contribution in [-0.2, 0) is 14.4 Å². The van der Waals surface area contributed by atoms with E-state index in [2.05, 4.69) is 0 Å². The number of methoxy groups -OCH3 is 1. The highest BCUT2D eigenvalue weighted by molar-refractivity contribution is 6.46. The van der Waals surface area contributed by atoms with E-state index in [1.54, 1.807) is 36.4 Å². The average Bonchev–Trinajstić information content (AvgIpc) is 3.01. The normalized spacial score (nSPS) is 17.5. The number of carbonyl (C=O) groups excluding carboxylic acids is 3. The van der Waals surface area contributed by atoms with Crippen LogP contribution in [0.5, 0.6) is 11.5 Å². The smallest absolute Gasteiger partial charge is 0.308 e. The molecule has 2 aromatic carbocycles. The minimum absolute atomic E-state index is 0.0392.